The molecule has 2 rings (SSSR count). The first kappa shape index (κ1) is 16.3. The molecule has 1 heterocycles. The van der Waals surface area contributed by atoms with Crippen LogP contribution >= 0.6 is 0 Å². The Morgan fingerprint density at radius 1 is 1.36 bits per heavy atom. The number of aryl methyl sites for hydroxylation is 1. The van der Waals surface area contributed by atoms with Crippen LogP contribution in [-0.4, -0.2) is 36.3 Å². The maximum absolute atomic E-state index is 11.8. The normalized spacial score (nSPS) is 21.2. The van der Waals surface area contributed by atoms with E-state index in [2.05, 4.69) is 17.4 Å². The fraction of sp³-hybridized carbons (Fsp3) is 0.667. The van der Waals surface area contributed by atoms with Crippen molar-refractivity contribution in [3.05, 3.63) is 11.8 Å². The maximum Gasteiger partial charge on any atom is 0.344 e. The van der Waals surface area contributed by atoms with Crippen LogP contribution in [0.15, 0.2) is 10.6 Å². The van der Waals surface area contributed by atoms with Crippen molar-refractivity contribution in [1.82, 2.24) is 10.5 Å². The van der Waals surface area contributed by atoms with Crippen molar-refractivity contribution in [3.8, 4) is 5.88 Å². The number of nitrogens with zero attached hydrogens (tertiary/aromatic N) is 1. The fourth-order valence-corrected chi connectivity index (χ4v) is 2.51. The number of nitrogens with one attached hydrogen (secondary N) is 1. The van der Waals surface area contributed by atoms with Gasteiger partial charge < -0.3 is 19.3 Å². The molecule has 7 heteroatoms. The van der Waals surface area contributed by atoms with Crippen molar-refractivity contribution in [1.29, 1.82) is 0 Å². The summed E-state index contributed by atoms with van der Waals surface area (Å²) in [5.41, 5.74) is 0. The van der Waals surface area contributed by atoms with E-state index in [1.807, 2.05) is 0 Å². The molecule has 122 valence electrons. The van der Waals surface area contributed by atoms with Crippen LogP contribution in [0.25, 0.3) is 0 Å². The average Bonchev–Trinajstić information content (AvgIpc) is 2.91. The third-order valence-electron chi connectivity index (χ3n) is 3.77. The van der Waals surface area contributed by atoms with Crippen LogP contribution in [0, 0.1) is 12.8 Å². The Hall–Kier alpha value is -2.05. The molecule has 1 aliphatic rings. The molecule has 1 fully saturated rings. The quantitative estimate of drug-likeness (QED) is 0.803. The van der Waals surface area contributed by atoms with Gasteiger partial charge in [-0.1, -0.05) is 19.8 Å². The van der Waals surface area contributed by atoms with Gasteiger partial charge in [-0.05, 0) is 30.8 Å². The lowest BCUT2D eigenvalue weighted by Gasteiger charge is -2.29. The number of hydrogen-bond donors (Lipinski definition) is 1. The highest BCUT2D eigenvalue weighted by Crippen LogP contribution is 2.23. The molecule has 0 aliphatic heterocycles. The summed E-state index contributed by atoms with van der Waals surface area (Å²) in [6, 6.07) is 1.74. The smallest absolute Gasteiger partial charge is 0.344 e. The van der Waals surface area contributed by atoms with E-state index >= 15 is 0 Å². The number of aromatic nitrogens is 1. The molecular weight excluding hydrogens is 288 g/mol. The predicted octanol–water partition coefficient (Wildman–Crippen LogP) is 1.60. The molecule has 2 atom stereocenters. The lowest BCUT2D eigenvalue weighted by molar-refractivity contribution is -0.150. The minimum atomic E-state index is -0.618. The van der Waals surface area contributed by atoms with Crippen molar-refractivity contribution >= 4 is 11.9 Å². The Bertz CT molecular complexity index is 514. The Kier molecular flexibility index (Phi) is 5.80. The van der Waals surface area contributed by atoms with Gasteiger partial charge in [-0.3, -0.25) is 4.79 Å². The minimum absolute atomic E-state index is 0.175. The molecule has 1 aliphatic carbocycles. The third kappa shape index (κ3) is 5.05. The van der Waals surface area contributed by atoms with Crippen molar-refractivity contribution in [2.45, 2.75) is 45.6 Å². The predicted molar refractivity (Wildman–Crippen MR) is 77.3 cm³/mol. The molecule has 0 spiro atoms. The van der Waals surface area contributed by atoms with Gasteiger partial charge in [0, 0.05) is 12.1 Å². The highest BCUT2D eigenvalue weighted by molar-refractivity contribution is 5.81. The van der Waals surface area contributed by atoms with Gasteiger partial charge in [0.05, 0.1) is 0 Å². The SMILES string of the molecule is Cc1cc(OCC(=O)OCC(=O)N[C@@H]2CCCC[C@@H]2C)no1. The van der Waals surface area contributed by atoms with Gasteiger partial charge in [0.15, 0.2) is 13.2 Å². The molecule has 1 N–H and O–H groups in total. The molecule has 0 unspecified atom stereocenters. The van der Waals surface area contributed by atoms with Gasteiger partial charge in [0.1, 0.15) is 5.76 Å². The fourth-order valence-electron chi connectivity index (χ4n) is 2.51. The molecule has 0 saturated heterocycles. The van der Waals surface area contributed by atoms with E-state index in [1.54, 1.807) is 13.0 Å². The van der Waals surface area contributed by atoms with E-state index < -0.39 is 5.97 Å². The van der Waals surface area contributed by atoms with Crippen LogP contribution in [0.4, 0.5) is 0 Å². The van der Waals surface area contributed by atoms with Crippen molar-refractivity contribution < 1.29 is 23.6 Å². The molecule has 0 aromatic carbocycles. The highest BCUT2D eigenvalue weighted by atomic mass is 16.6. The number of hydrogen-bond acceptors (Lipinski definition) is 6. The van der Waals surface area contributed by atoms with Gasteiger partial charge in [-0.15, -0.1) is 0 Å². The lowest BCUT2D eigenvalue weighted by Crippen LogP contribution is -2.43. The van der Waals surface area contributed by atoms with E-state index in [1.165, 1.54) is 6.42 Å². The Morgan fingerprint density at radius 3 is 2.82 bits per heavy atom. The summed E-state index contributed by atoms with van der Waals surface area (Å²) in [6.45, 7) is 3.25. The monoisotopic (exact) mass is 310 g/mol. The summed E-state index contributed by atoms with van der Waals surface area (Å²) in [6.07, 6.45) is 4.44. The van der Waals surface area contributed by atoms with Crippen molar-refractivity contribution in [2.75, 3.05) is 13.2 Å². The van der Waals surface area contributed by atoms with Crippen LogP contribution < -0.4 is 10.1 Å². The van der Waals surface area contributed by atoms with Crippen LogP contribution in [0.1, 0.15) is 38.4 Å². The summed E-state index contributed by atoms with van der Waals surface area (Å²) < 4.78 is 14.7. The van der Waals surface area contributed by atoms with E-state index in [-0.39, 0.29) is 31.0 Å². The summed E-state index contributed by atoms with van der Waals surface area (Å²) >= 11 is 0. The summed E-state index contributed by atoms with van der Waals surface area (Å²) in [4.78, 5) is 23.3. The van der Waals surface area contributed by atoms with E-state index in [4.69, 9.17) is 14.0 Å². The number of carbonyl (C=O) groups is 2. The molecule has 7 nitrogen and oxygen atoms in total. The number of amides is 1. The molecule has 1 aromatic heterocycles. The lowest BCUT2D eigenvalue weighted by atomic mass is 9.86. The molecular formula is C15H22N2O5. The summed E-state index contributed by atoms with van der Waals surface area (Å²) in [7, 11) is 0. The zero-order valence-corrected chi connectivity index (χ0v) is 13.0. The van der Waals surface area contributed by atoms with Gasteiger partial charge >= 0.3 is 5.97 Å². The highest BCUT2D eigenvalue weighted by Gasteiger charge is 2.23. The second-order valence-corrected chi connectivity index (χ2v) is 5.66. The third-order valence-corrected chi connectivity index (χ3v) is 3.77. The topological polar surface area (TPSA) is 90.7 Å². The first-order valence-corrected chi connectivity index (χ1v) is 7.55. The summed E-state index contributed by atoms with van der Waals surface area (Å²) in [5, 5.41) is 6.50. The number of ether oxygens (including phenoxy) is 2. The van der Waals surface area contributed by atoms with E-state index in [0.717, 1.165) is 19.3 Å². The molecule has 1 aromatic rings. The van der Waals surface area contributed by atoms with Crippen molar-refractivity contribution in [2.24, 2.45) is 5.92 Å². The molecule has 1 amide bonds. The molecule has 0 bridgehead atoms. The Labute approximate surface area is 129 Å². The first-order chi connectivity index (χ1) is 10.5. The van der Waals surface area contributed by atoms with Crippen LogP contribution in [0.3, 0.4) is 0 Å². The maximum atomic E-state index is 11.8. The Morgan fingerprint density at radius 2 is 2.14 bits per heavy atom. The second-order valence-electron chi connectivity index (χ2n) is 5.66. The molecule has 1 saturated carbocycles. The molecule has 0 radical (unpaired) electrons. The van der Waals surface area contributed by atoms with Gasteiger partial charge in [-0.2, -0.15) is 0 Å². The van der Waals surface area contributed by atoms with Gasteiger partial charge in [-0.25, -0.2) is 4.79 Å². The van der Waals surface area contributed by atoms with E-state index in [9.17, 15) is 9.59 Å². The largest absolute Gasteiger partial charge is 0.463 e. The number of carbonyl (C=O) groups excluding carboxylic acids is 2. The average molecular weight is 310 g/mol. The van der Waals surface area contributed by atoms with Gasteiger partial charge in [0.2, 0.25) is 0 Å². The number of rotatable bonds is 6. The number of esters is 1. The van der Waals surface area contributed by atoms with Gasteiger partial charge in [0.25, 0.3) is 11.8 Å². The van der Waals surface area contributed by atoms with Crippen LogP contribution in [0.5, 0.6) is 5.88 Å². The van der Waals surface area contributed by atoms with Crippen LogP contribution in [-0.2, 0) is 14.3 Å². The Balaban J connectivity index is 1.63. The zero-order chi connectivity index (χ0) is 15.9. The second kappa shape index (κ2) is 7.82. The zero-order valence-electron chi connectivity index (χ0n) is 13.0. The first-order valence-electron chi connectivity index (χ1n) is 7.55. The minimum Gasteiger partial charge on any atom is -0.463 e. The van der Waals surface area contributed by atoms with Crippen molar-refractivity contribution in [3.63, 3.8) is 0 Å². The summed E-state index contributed by atoms with van der Waals surface area (Å²) in [5.74, 6) is 0.378. The standard InChI is InChI=1S/C15H22N2O5/c1-10-5-3-4-6-12(10)16-13(18)8-21-15(19)9-20-14-7-11(2)22-17-14/h7,10,12H,3-6,8-9H2,1-2H3,(H,16,18)/t10-,12+/m0/s1. The van der Waals surface area contributed by atoms with Crippen LogP contribution in [0.2, 0.25) is 0 Å². The molecule has 22 heavy (non-hydrogen) atoms. The van der Waals surface area contributed by atoms with E-state index in [0.29, 0.717) is 11.7 Å².